The van der Waals surface area contributed by atoms with Gasteiger partial charge in [-0.25, -0.2) is 0 Å². The Labute approximate surface area is 226 Å². The van der Waals surface area contributed by atoms with Gasteiger partial charge in [0.1, 0.15) is 12.4 Å². The summed E-state index contributed by atoms with van der Waals surface area (Å²) in [4.78, 5) is 42.3. The molecule has 2 aromatic heterocycles. The number of H-pyrrole nitrogens is 1. The van der Waals surface area contributed by atoms with E-state index in [1.807, 2.05) is 49.3 Å². The molecule has 2 aromatic carbocycles. The van der Waals surface area contributed by atoms with Crippen molar-refractivity contribution in [3.8, 4) is 11.1 Å². The lowest BCUT2D eigenvalue weighted by molar-refractivity contribution is -0.121. The van der Waals surface area contributed by atoms with Crippen LogP contribution < -0.4 is 21.9 Å². The normalized spacial score (nSPS) is 11.1. The molecule has 202 valence electrons. The number of hydrogen-bond donors (Lipinski definition) is 5. The van der Waals surface area contributed by atoms with Crippen molar-refractivity contribution in [3.63, 3.8) is 0 Å². The molecule has 0 aliphatic heterocycles. The largest absolute Gasteiger partial charge is 0.384 e. The first kappa shape index (κ1) is 27.3. The van der Waals surface area contributed by atoms with Crippen LogP contribution in [0.2, 0.25) is 0 Å². The van der Waals surface area contributed by atoms with Crippen LogP contribution in [-0.4, -0.2) is 65.8 Å². The maximum atomic E-state index is 12.7. The summed E-state index contributed by atoms with van der Waals surface area (Å²) < 4.78 is 1.38. The Morgan fingerprint density at radius 2 is 1.74 bits per heavy atom. The number of fused-ring (bicyclic) bond motifs is 1. The summed E-state index contributed by atoms with van der Waals surface area (Å²) in [6.45, 7) is 1.61. The number of nitrogens with two attached hydrogens (primary N) is 1. The number of aromatic nitrogens is 2. The van der Waals surface area contributed by atoms with Crippen molar-refractivity contribution in [1.82, 2.24) is 25.1 Å². The van der Waals surface area contributed by atoms with Gasteiger partial charge in [-0.1, -0.05) is 18.2 Å². The molecule has 0 saturated heterocycles. The predicted octanol–water partition coefficient (Wildman–Crippen LogP) is 1.93. The van der Waals surface area contributed by atoms with E-state index in [-0.39, 0.29) is 29.8 Å². The van der Waals surface area contributed by atoms with E-state index in [0.717, 1.165) is 27.6 Å². The topological polar surface area (TPSA) is 149 Å². The average Bonchev–Trinajstić information content (AvgIpc) is 3.33. The van der Waals surface area contributed by atoms with E-state index >= 15 is 0 Å². The Morgan fingerprint density at radius 3 is 2.46 bits per heavy atom. The third-order valence-corrected chi connectivity index (χ3v) is 6.39. The Morgan fingerprint density at radius 1 is 1.00 bits per heavy atom. The van der Waals surface area contributed by atoms with Crippen LogP contribution in [0.15, 0.2) is 71.8 Å². The van der Waals surface area contributed by atoms with E-state index < -0.39 is 0 Å². The SMILES string of the molecule is CN(C)CCNC(=O)Cn1cc(-c2ccc(C(=O)NCCc3ccc4[nH]cc(C(=N)N)c4c3)cc2)ccc1=O. The number of nitrogen functional groups attached to an aromatic ring is 1. The number of amides is 2. The van der Waals surface area contributed by atoms with Crippen molar-refractivity contribution in [2.24, 2.45) is 5.73 Å². The molecule has 10 heteroatoms. The van der Waals surface area contributed by atoms with Gasteiger partial charge < -0.3 is 30.8 Å². The number of aromatic amines is 1. The first-order chi connectivity index (χ1) is 18.7. The monoisotopic (exact) mass is 527 g/mol. The zero-order valence-corrected chi connectivity index (χ0v) is 22.1. The van der Waals surface area contributed by atoms with Crippen LogP contribution >= 0.6 is 0 Å². The number of pyridine rings is 1. The second-order valence-electron chi connectivity index (χ2n) is 9.62. The molecule has 0 fully saturated rings. The second kappa shape index (κ2) is 12.2. The number of nitrogens with one attached hydrogen (secondary N) is 4. The van der Waals surface area contributed by atoms with Crippen molar-refractivity contribution < 1.29 is 9.59 Å². The predicted molar refractivity (Wildman–Crippen MR) is 153 cm³/mol. The van der Waals surface area contributed by atoms with E-state index in [9.17, 15) is 14.4 Å². The maximum absolute atomic E-state index is 12.7. The third-order valence-electron chi connectivity index (χ3n) is 6.39. The molecule has 2 amide bonds. The number of likely N-dealkylation sites (N-methyl/N-ethyl adjacent to an activating group) is 1. The maximum Gasteiger partial charge on any atom is 0.251 e. The molecule has 4 aromatic rings. The summed E-state index contributed by atoms with van der Waals surface area (Å²) in [5, 5.41) is 14.4. The highest BCUT2D eigenvalue weighted by atomic mass is 16.2. The van der Waals surface area contributed by atoms with E-state index in [1.54, 1.807) is 30.6 Å². The lowest BCUT2D eigenvalue weighted by atomic mass is 10.0. The van der Waals surface area contributed by atoms with Gasteiger partial charge in [0.2, 0.25) is 5.91 Å². The first-order valence-electron chi connectivity index (χ1n) is 12.7. The van der Waals surface area contributed by atoms with E-state index in [0.29, 0.717) is 37.2 Å². The standard InChI is InChI=1S/C29H33N7O3/c1-35(2)14-13-32-26(37)18-36-17-22(8-10-27(36)38)20-4-6-21(7-5-20)29(39)33-12-11-19-3-9-25-23(15-19)24(16-34-25)28(30)31/h3-10,15-17,34H,11-14,18H2,1-2H3,(H3,30,31)(H,32,37)(H,33,39). The molecular weight excluding hydrogens is 494 g/mol. The molecule has 4 rings (SSSR count). The van der Waals surface area contributed by atoms with Gasteiger partial charge in [-0.3, -0.25) is 19.8 Å². The highest BCUT2D eigenvalue weighted by molar-refractivity contribution is 6.07. The Kier molecular flexibility index (Phi) is 8.57. The number of carbonyl (C=O) groups excluding carboxylic acids is 2. The van der Waals surface area contributed by atoms with Crippen LogP contribution in [0.4, 0.5) is 0 Å². The molecule has 0 radical (unpaired) electrons. The molecule has 0 saturated carbocycles. The van der Waals surface area contributed by atoms with Crippen molar-refractivity contribution in [1.29, 1.82) is 5.41 Å². The lowest BCUT2D eigenvalue weighted by Gasteiger charge is -2.12. The van der Waals surface area contributed by atoms with Gasteiger partial charge in [0.05, 0.1) is 0 Å². The molecule has 0 aliphatic rings. The third kappa shape index (κ3) is 6.99. The summed E-state index contributed by atoms with van der Waals surface area (Å²) >= 11 is 0. The van der Waals surface area contributed by atoms with Crippen LogP contribution in [-0.2, 0) is 17.8 Å². The number of nitrogens with zero attached hydrogens (tertiary/aromatic N) is 2. The molecule has 0 spiro atoms. The van der Waals surface area contributed by atoms with Crippen LogP contribution in [0, 0.1) is 5.41 Å². The van der Waals surface area contributed by atoms with Gasteiger partial charge in [-0.2, -0.15) is 0 Å². The fraction of sp³-hybridized carbons (Fsp3) is 0.241. The van der Waals surface area contributed by atoms with Gasteiger partial charge in [0.15, 0.2) is 0 Å². The average molecular weight is 528 g/mol. The molecule has 0 unspecified atom stereocenters. The molecule has 10 nitrogen and oxygen atoms in total. The minimum atomic E-state index is -0.259. The van der Waals surface area contributed by atoms with Crippen LogP contribution in [0.1, 0.15) is 21.5 Å². The van der Waals surface area contributed by atoms with Crippen molar-refractivity contribution in [2.75, 3.05) is 33.7 Å². The van der Waals surface area contributed by atoms with Gasteiger partial charge in [-0.05, 0) is 67.5 Å². The smallest absolute Gasteiger partial charge is 0.251 e. The quantitative estimate of drug-likeness (QED) is 0.149. The molecule has 0 atom stereocenters. The number of benzene rings is 2. The van der Waals surface area contributed by atoms with E-state index in [1.165, 1.54) is 10.6 Å². The fourth-order valence-corrected chi connectivity index (χ4v) is 4.24. The Hall–Kier alpha value is -4.70. The zero-order chi connectivity index (χ0) is 27.9. The molecule has 0 aliphatic carbocycles. The fourth-order valence-electron chi connectivity index (χ4n) is 4.24. The highest BCUT2D eigenvalue weighted by Gasteiger charge is 2.10. The summed E-state index contributed by atoms with van der Waals surface area (Å²) in [5.41, 5.74) is 10.1. The van der Waals surface area contributed by atoms with E-state index in [4.69, 9.17) is 11.1 Å². The second-order valence-corrected chi connectivity index (χ2v) is 9.62. The van der Waals surface area contributed by atoms with Crippen molar-refractivity contribution >= 4 is 28.6 Å². The minimum absolute atomic E-state index is 0.00930. The Balaban J connectivity index is 1.35. The lowest BCUT2D eigenvalue weighted by Crippen LogP contribution is -2.35. The van der Waals surface area contributed by atoms with Crippen LogP contribution in [0.5, 0.6) is 0 Å². The minimum Gasteiger partial charge on any atom is -0.384 e. The summed E-state index contributed by atoms with van der Waals surface area (Å²) in [7, 11) is 3.85. The zero-order valence-electron chi connectivity index (χ0n) is 22.1. The van der Waals surface area contributed by atoms with Gasteiger partial charge in [0.25, 0.3) is 11.5 Å². The van der Waals surface area contributed by atoms with Crippen molar-refractivity contribution in [2.45, 2.75) is 13.0 Å². The van der Waals surface area contributed by atoms with Crippen LogP contribution in [0.25, 0.3) is 22.0 Å². The van der Waals surface area contributed by atoms with Crippen molar-refractivity contribution in [3.05, 3.63) is 94.0 Å². The molecule has 39 heavy (non-hydrogen) atoms. The number of hydrogen-bond acceptors (Lipinski definition) is 5. The molecule has 2 heterocycles. The summed E-state index contributed by atoms with van der Waals surface area (Å²) in [6.07, 6.45) is 4.01. The van der Waals surface area contributed by atoms with Gasteiger partial charge in [0, 0.05) is 60.1 Å². The Bertz CT molecular complexity index is 1550. The van der Waals surface area contributed by atoms with Crippen LogP contribution in [0.3, 0.4) is 0 Å². The summed E-state index contributed by atoms with van der Waals surface area (Å²) in [5.74, 6) is -0.404. The first-order valence-corrected chi connectivity index (χ1v) is 12.7. The van der Waals surface area contributed by atoms with Gasteiger partial charge in [-0.15, -0.1) is 0 Å². The number of carbonyl (C=O) groups is 2. The van der Waals surface area contributed by atoms with Gasteiger partial charge >= 0.3 is 0 Å². The molecular formula is C29H33N7O3. The number of amidine groups is 1. The summed E-state index contributed by atoms with van der Waals surface area (Å²) in [6, 6.07) is 16.2. The molecule has 0 bridgehead atoms. The number of rotatable bonds is 11. The highest BCUT2D eigenvalue weighted by Crippen LogP contribution is 2.20. The molecule has 6 N–H and O–H groups in total. The van der Waals surface area contributed by atoms with E-state index in [2.05, 4.69) is 15.6 Å².